The van der Waals surface area contributed by atoms with Crippen LogP contribution in [0.3, 0.4) is 0 Å². The third-order valence-corrected chi connectivity index (χ3v) is 0.714. The van der Waals surface area contributed by atoms with E-state index in [2.05, 4.69) is 4.52 Å². The van der Waals surface area contributed by atoms with Gasteiger partial charge in [-0.3, -0.25) is 4.52 Å². The molecule has 0 aliphatic heterocycles. The summed E-state index contributed by atoms with van der Waals surface area (Å²) in [6, 6.07) is 0. The zero-order valence-electron chi connectivity index (χ0n) is 3.16. The van der Waals surface area contributed by atoms with Gasteiger partial charge in [-0.15, -0.1) is 0 Å². The van der Waals surface area contributed by atoms with Crippen LogP contribution in [0.5, 0.6) is 0 Å². The van der Waals surface area contributed by atoms with Gasteiger partial charge in [-0.25, -0.2) is 4.57 Å². The van der Waals surface area contributed by atoms with Crippen LogP contribution in [0.15, 0.2) is 0 Å². The first kappa shape index (κ1) is 22.7. The van der Waals surface area contributed by atoms with E-state index < -0.39 is 7.82 Å². The van der Waals surface area contributed by atoms with Crippen molar-refractivity contribution in [3.8, 4) is 0 Å². The first-order chi connectivity index (χ1) is 2.56. The predicted octanol–water partition coefficient (Wildman–Crippen LogP) is -2.22. The number of hydrogen-bond donors (Lipinski definition) is 2. The van der Waals surface area contributed by atoms with E-state index in [-0.39, 0.29) is 88.7 Å². The van der Waals surface area contributed by atoms with Crippen molar-refractivity contribution in [2.75, 3.05) is 7.11 Å². The molecule has 0 rings (SSSR count). The second-order valence-corrected chi connectivity index (χ2v) is 2.02. The quantitative estimate of drug-likeness (QED) is 0.358. The minimum absolute atomic E-state index is 0. The summed E-state index contributed by atoms with van der Waals surface area (Å²) in [7, 11) is -3.20. The predicted molar refractivity (Wildman–Crippen MR) is 40.5 cm³/mol. The Hall–Kier alpha value is 3.11. The van der Waals surface area contributed by atoms with Gasteiger partial charge in [0.25, 0.3) is 0 Å². The van der Waals surface area contributed by atoms with E-state index in [0.717, 1.165) is 7.11 Å². The average Bonchev–Trinajstić information content (AvgIpc) is 1.35. The van der Waals surface area contributed by atoms with Crippen molar-refractivity contribution in [3.63, 3.8) is 0 Å². The molecule has 8 heteroatoms. The van der Waals surface area contributed by atoms with E-state index in [1.54, 1.807) is 0 Å². The Morgan fingerprint density at radius 2 is 1.33 bits per heavy atom. The molecule has 0 aromatic heterocycles. The first-order valence-corrected chi connectivity index (χ1v) is 2.70. The summed E-state index contributed by atoms with van der Waals surface area (Å²) in [5.41, 5.74) is 0. The van der Waals surface area contributed by atoms with Gasteiger partial charge in [0.2, 0.25) is 0 Å². The molecular formula is CH8Na3O4P. The average molecular weight is 184 g/mol. The molecule has 0 atom stereocenters. The van der Waals surface area contributed by atoms with Crippen molar-refractivity contribution >= 4 is 96.5 Å². The van der Waals surface area contributed by atoms with Crippen molar-refractivity contribution in [1.29, 1.82) is 0 Å². The summed E-state index contributed by atoms with van der Waals surface area (Å²) < 4.78 is 13.1. The molecule has 0 unspecified atom stereocenters. The molecule has 0 amide bonds. The first-order valence-electron chi connectivity index (χ1n) is 1.17. The van der Waals surface area contributed by atoms with E-state index in [9.17, 15) is 4.57 Å². The molecule has 0 saturated heterocycles. The topological polar surface area (TPSA) is 66.8 Å². The Balaban J connectivity index is -0.0000000417. The Morgan fingerprint density at radius 1 is 1.22 bits per heavy atom. The SMILES string of the molecule is COP(=O)(O)O.[NaH].[NaH].[NaH]. The van der Waals surface area contributed by atoms with Gasteiger partial charge in [0.1, 0.15) is 0 Å². The van der Waals surface area contributed by atoms with Gasteiger partial charge in [0, 0.05) is 7.11 Å². The number of hydrogen-bond acceptors (Lipinski definition) is 2. The fourth-order valence-electron chi connectivity index (χ4n) is 0. The second kappa shape index (κ2) is 11.1. The van der Waals surface area contributed by atoms with E-state index in [1.807, 2.05) is 0 Å². The molecule has 44 valence electrons. The monoisotopic (exact) mass is 184 g/mol. The van der Waals surface area contributed by atoms with Crippen LogP contribution in [0, 0.1) is 0 Å². The van der Waals surface area contributed by atoms with E-state index >= 15 is 0 Å². The maximum atomic E-state index is 9.47. The van der Waals surface area contributed by atoms with Gasteiger partial charge in [-0.2, -0.15) is 0 Å². The molecule has 0 saturated carbocycles. The van der Waals surface area contributed by atoms with Crippen LogP contribution in [0.4, 0.5) is 0 Å². The van der Waals surface area contributed by atoms with Gasteiger partial charge in [0.05, 0.1) is 0 Å². The summed E-state index contributed by atoms with van der Waals surface area (Å²) in [5, 5.41) is 0. The minimum atomic E-state index is -4.15. The molecule has 0 aromatic carbocycles. The van der Waals surface area contributed by atoms with Gasteiger partial charge < -0.3 is 9.79 Å². The molecule has 9 heavy (non-hydrogen) atoms. The van der Waals surface area contributed by atoms with Crippen LogP contribution >= 0.6 is 7.82 Å². The summed E-state index contributed by atoms with van der Waals surface area (Å²) in [6.07, 6.45) is 0. The Bertz CT molecular complexity index is 79.9. The van der Waals surface area contributed by atoms with Crippen molar-refractivity contribution in [3.05, 3.63) is 0 Å². The molecule has 0 heterocycles. The molecule has 0 fully saturated rings. The van der Waals surface area contributed by atoms with Gasteiger partial charge in [-0.1, -0.05) is 0 Å². The van der Waals surface area contributed by atoms with Crippen molar-refractivity contribution in [2.45, 2.75) is 0 Å². The Labute approximate surface area is 120 Å². The molecule has 0 aliphatic carbocycles. The maximum absolute atomic E-state index is 9.47. The molecule has 0 aromatic rings. The normalized spacial score (nSPS) is 7.89. The molecule has 0 spiro atoms. The van der Waals surface area contributed by atoms with E-state index in [0.29, 0.717) is 0 Å². The number of rotatable bonds is 1. The molecular weight excluding hydrogens is 176 g/mol. The van der Waals surface area contributed by atoms with Crippen LogP contribution in [0.25, 0.3) is 0 Å². The van der Waals surface area contributed by atoms with Crippen molar-refractivity contribution in [1.82, 2.24) is 0 Å². The van der Waals surface area contributed by atoms with Crippen LogP contribution in [-0.4, -0.2) is 106 Å². The molecule has 4 nitrogen and oxygen atoms in total. The molecule has 0 bridgehead atoms. The van der Waals surface area contributed by atoms with Crippen LogP contribution < -0.4 is 0 Å². The molecule has 0 aliphatic rings. The Morgan fingerprint density at radius 3 is 1.33 bits per heavy atom. The molecule has 0 radical (unpaired) electrons. The van der Waals surface area contributed by atoms with Crippen molar-refractivity contribution in [2.24, 2.45) is 0 Å². The summed E-state index contributed by atoms with van der Waals surface area (Å²) >= 11 is 0. The fourth-order valence-corrected chi connectivity index (χ4v) is 0. The zero-order chi connectivity index (χ0) is 5.21. The second-order valence-electron chi connectivity index (χ2n) is 0.673. The summed E-state index contributed by atoms with van der Waals surface area (Å²) in [5.74, 6) is 0. The summed E-state index contributed by atoms with van der Waals surface area (Å²) in [6.45, 7) is 0. The summed E-state index contributed by atoms with van der Waals surface area (Å²) in [4.78, 5) is 15.4. The number of phosphoric ester groups is 1. The van der Waals surface area contributed by atoms with Crippen LogP contribution in [0.2, 0.25) is 0 Å². The third-order valence-electron chi connectivity index (χ3n) is 0.238. The van der Waals surface area contributed by atoms with Gasteiger partial charge in [0.15, 0.2) is 0 Å². The van der Waals surface area contributed by atoms with E-state index in [4.69, 9.17) is 9.79 Å². The van der Waals surface area contributed by atoms with Gasteiger partial charge in [-0.05, 0) is 0 Å². The van der Waals surface area contributed by atoms with Gasteiger partial charge >= 0.3 is 96.5 Å². The Kier molecular flexibility index (Phi) is 28.1. The fraction of sp³-hybridized carbons (Fsp3) is 1.00. The zero-order valence-corrected chi connectivity index (χ0v) is 4.05. The van der Waals surface area contributed by atoms with Crippen molar-refractivity contribution < 1.29 is 18.9 Å². The third kappa shape index (κ3) is 24.7. The van der Waals surface area contributed by atoms with E-state index in [1.165, 1.54) is 0 Å². The number of phosphoric acid groups is 1. The molecule has 2 N–H and O–H groups in total. The van der Waals surface area contributed by atoms with Crippen LogP contribution in [0.1, 0.15) is 0 Å². The van der Waals surface area contributed by atoms with Crippen LogP contribution in [-0.2, 0) is 9.09 Å². The standard InChI is InChI=1S/CH5O4P.3Na.3H/c1-5-6(2,3)4;;;;;;/h1H3,(H2,2,3,4);;;;;;.